The van der Waals surface area contributed by atoms with Crippen molar-refractivity contribution in [1.29, 1.82) is 0 Å². The quantitative estimate of drug-likeness (QED) is 0.459. The summed E-state index contributed by atoms with van der Waals surface area (Å²) in [5.74, 6) is 0.599. The predicted molar refractivity (Wildman–Crippen MR) is 106 cm³/mol. The summed E-state index contributed by atoms with van der Waals surface area (Å²) in [5.41, 5.74) is 2.80. The van der Waals surface area contributed by atoms with E-state index in [1.165, 1.54) is 4.90 Å². The molecule has 1 aromatic heterocycles. The van der Waals surface area contributed by atoms with Gasteiger partial charge in [-0.15, -0.1) is 5.10 Å². The molecule has 0 aliphatic carbocycles. The number of anilines is 1. The van der Waals surface area contributed by atoms with Gasteiger partial charge in [0, 0.05) is 12.7 Å². The van der Waals surface area contributed by atoms with Crippen molar-refractivity contribution in [3.8, 4) is 0 Å². The van der Waals surface area contributed by atoms with Crippen molar-refractivity contribution >= 4 is 41.6 Å². The van der Waals surface area contributed by atoms with Gasteiger partial charge in [0.2, 0.25) is 0 Å². The van der Waals surface area contributed by atoms with E-state index in [0.29, 0.717) is 10.8 Å². The third kappa shape index (κ3) is 4.22. The van der Waals surface area contributed by atoms with Crippen LogP contribution in [0.4, 0.5) is 5.69 Å². The van der Waals surface area contributed by atoms with Crippen LogP contribution in [-0.4, -0.2) is 49.5 Å². The smallest absolute Gasteiger partial charge is 0.258 e. The summed E-state index contributed by atoms with van der Waals surface area (Å²) in [6, 6.07) is 7.02. The predicted octanol–water partition coefficient (Wildman–Crippen LogP) is 0.965. The van der Waals surface area contributed by atoms with Crippen LogP contribution in [0.5, 0.6) is 0 Å². The largest absolute Gasteiger partial charge is 0.394 e. The van der Waals surface area contributed by atoms with Crippen LogP contribution in [0.3, 0.4) is 0 Å². The van der Waals surface area contributed by atoms with E-state index in [2.05, 4.69) is 28.3 Å². The summed E-state index contributed by atoms with van der Waals surface area (Å²) < 4.78 is 1.85. The number of carbonyl (C=O) groups is 1. The summed E-state index contributed by atoms with van der Waals surface area (Å²) in [6.45, 7) is 0.556. The van der Waals surface area contributed by atoms with Crippen molar-refractivity contribution < 1.29 is 9.90 Å². The Kier molecular flexibility index (Phi) is 6.23. The van der Waals surface area contributed by atoms with Crippen molar-refractivity contribution in [1.82, 2.24) is 20.3 Å². The molecule has 0 saturated carbocycles. The molecule has 0 spiro atoms. The third-order valence-corrected chi connectivity index (χ3v) is 4.81. The second-order valence-corrected chi connectivity index (χ2v) is 6.91. The number of rotatable bonds is 8. The molecule has 1 aliphatic rings. The van der Waals surface area contributed by atoms with E-state index in [-0.39, 0.29) is 12.5 Å². The highest BCUT2D eigenvalue weighted by atomic mass is 32.1. The highest BCUT2D eigenvalue weighted by molar-refractivity contribution is 7.80. The maximum Gasteiger partial charge on any atom is 0.258 e. The lowest BCUT2D eigenvalue weighted by molar-refractivity contribution is -0.119. The maximum atomic E-state index is 12.2. The van der Waals surface area contributed by atoms with Crippen LogP contribution in [0.2, 0.25) is 0 Å². The van der Waals surface area contributed by atoms with Crippen LogP contribution in [0.25, 0.3) is 0 Å². The third-order valence-electron chi connectivity index (χ3n) is 4.20. The lowest BCUT2D eigenvalue weighted by atomic mass is 10.1. The molecule has 0 radical (unpaired) electrons. The first kappa shape index (κ1) is 18.8. The number of thiol groups is 1. The SMILES string of the molecule is O=C1C(CO)NC(=S)N1c1ccc(CCc2cn(CCCS)nn2)cc1. The van der Waals surface area contributed by atoms with Crippen molar-refractivity contribution in [3.63, 3.8) is 0 Å². The van der Waals surface area contributed by atoms with E-state index in [0.717, 1.165) is 42.8 Å². The van der Waals surface area contributed by atoms with Crippen LogP contribution in [0.1, 0.15) is 17.7 Å². The van der Waals surface area contributed by atoms with Gasteiger partial charge in [0.1, 0.15) is 6.04 Å². The molecule has 7 nitrogen and oxygen atoms in total. The number of aliphatic hydroxyl groups is 1. The molecule has 1 unspecified atom stereocenters. The first-order chi connectivity index (χ1) is 12.6. The van der Waals surface area contributed by atoms with Crippen molar-refractivity contribution in [2.24, 2.45) is 0 Å². The molecule has 1 atom stereocenters. The molecule has 26 heavy (non-hydrogen) atoms. The number of aliphatic hydroxyl groups excluding tert-OH is 1. The molecule has 1 saturated heterocycles. The summed E-state index contributed by atoms with van der Waals surface area (Å²) in [5, 5.41) is 20.6. The Morgan fingerprint density at radius 3 is 2.69 bits per heavy atom. The van der Waals surface area contributed by atoms with Gasteiger partial charge in [-0.05, 0) is 54.9 Å². The number of hydrogen-bond acceptors (Lipinski definition) is 6. The minimum atomic E-state index is -0.660. The molecule has 9 heteroatoms. The molecular weight excluding hydrogens is 370 g/mol. The van der Waals surface area contributed by atoms with Gasteiger partial charge in [0.15, 0.2) is 5.11 Å². The van der Waals surface area contributed by atoms with Gasteiger partial charge in [-0.1, -0.05) is 17.3 Å². The molecule has 2 heterocycles. The number of benzene rings is 1. The number of hydrogen-bond donors (Lipinski definition) is 3. The molecule has 0 bridgehead atoms. The minimum absolute atomic E-state index is 0.233. The average Bonchev–Trinajstić information content (AvgIpc) is 3.22. The highest BCUT2D eigenvalue weighted by Gasteiger charge is 2.35. The summed E-state index contributed by atoms with van der Waals surface area (Å²) >= 11 is 9.38. The van der Waals surface area contributed by atoms with E-state index in [4.69, 9.17) is 12.2 Å². The average molecular weight is 392 g/mol. The van der Waals surface area contributed by atoms with Crippen molar-refractivity contribution in [3.05, 3.63) is 41.7 Å². The zero-order chi connectivity index (χ0) is 18.5. The second kappa shape index (κ2) is 8.61. The van der Waals surface area contributed by atoms with Gasteiger partial charge in [0.05, 0.1) is 18.0 Å². The van der Waals surface area contributed by atoms with E-state index in [1.807, 2.05) is 35.1 Å². The lowest BCUT2D eigenvalue weighted by Gasteiger charge is -2.15. The fourth-order valence-corrected chi connectivity index (χ4v) is 3.26. The van der Waals surface area contributed by atoms with Gasteiger partial charge >= 0.3 is 0 Å². The first-order valence-corrected chi connectivity index (χ1v) is 9.50. The number of nitrogens with zero attached hydrogens (tertiary/aromatic N) is 4. The Morgan fingerprint density at radius 2 is 2.04 bits per heavy atom. The van der Waals surface area contributed by atoms with Crippen LogP contribution in [0.15, 0.2) is 30.5 Å². The fourth-order valence-electron chi connectivity index (χ4n) is 2.78. The minimum Gasteiger partial charge on any atom is -0.394 e. The second-order valence-electron chi connectivity index (χ2n) is 6.07. The topological polar surface area (TPSA) is 83.3 Å². The lowest BCUT2D eigenvalue weighted by Crippen LogP contribution is -2.33. The van der Waals surface area contributed by atoms with E-state index < -0.39 is 6.04 Å². The Bertz CT molecular complexity index is 778. The van der Waals surface area contributed by atoms with Crippen LogP contribution in [0, 0.1) is 0 Å². The number of thiocarbonyl (C=S) groups is 1. The maximum absolute atomic E-state index is 12.2. The molecule has 2 N–H and O–H groups in total. The van der Waals surface area contributed by atoms with Gasteiger partial charge < -0.3 is 10.4 Å². The van der Waals surface area contributed by atoms with Crippen LogP contribution >= 0.6 is 24.8 Å². The molecule has 3 rings (SSSR count). The monoisotopic (exact) mass is 391 g/mol. The molecule has 2 aromatic rings. The fraction of sp³-hybridized carbons (Fsp3) is 0.412. The van der Waals surface area contributed by atoms with E-state index in [9.17, 15) is 9.90 Å². The van der Waals surface area contributed by atoms with Gasteiger partial charge in [0.25, 0.3) is 5.91 Å². The molecular formula is C17H21N5O2S2. The Labute approximate surface area is 162 Å². The normalized spacial score (nSPS) is 17.0. The van der Waals surface area contributed by atoms with Gasteiger partial charge in [-0.2, -0.15) is 12.6 Å². The number of carbonyl (C=O) groups excluding carboxylic acids is 1. The number of aromatic nitrogens is 3. The van der Waals surface area contributed by atoms with E-state index in [1.54, 1.807) is 0 Å². The van der Waals surface area contributed by atoms with Gasteiger partial charge in [-0.25, -0.2) is 0 Å². The summed E-state index contributed by atoms with van der Waals surface area (Å²) in [4.78, 5) is 13.6. The first-order valence-electron chi connectivity index (χ1n) is 8.46. The number of nitrogens with one attached hydrogen (secondary N) is 1. The number of amides is 1. The standard InChI is InChI=1S/C17H21N5O2S2/c23-11-15-16(24)22(17(26)18-15)14-6-3-12(4-7-14)2-5-13-10-21(20-19-13)8-1-9-25/h3-4,6-7,10,15,23,25H,1-2,5,8-9,11H2,(H,18,26). The summed E-state index contributed by atoms with van der Waals surface area (Å²) in [6.07, 6.45) is 4.58. The molecule has 1 aliphatic heterocycles. The molecule has 138 valence electrons. The molecule has 1 fully saturated rings. The number of aryl methyl sites for hydroxylation is 3. The molecule has 1 amide bonds. The van der Waals surface area contributed by atoms with Crippen molar-refractivity contribution in [2.75, 3.05) is 17.3 Å². The Hall–Kier alpha value is -1.97. The van der Waals surface area contributed by atoms with Crippen LogP contribution < -0.4 is 10.2 Å². The van der Waals surface area contributed by atoms with E-state index >= 15 is 0 Å². The van der Waals surface area contributed by atoms with Gasteiger partial charge in [-0.3, -0.25) is 14.4 Å². The molecule has 1 aromatic carbocycles. The highest BCUT2D eigenvalue weighted by Crippen LogP contribution is 2.21. The van der Waals surface area contributed by atoms with Crippen LogP contribution in [-0.2, 0) is 24.2 Å². The Balaban J connectivity index is 1.59. The van der Waals surface area contributed by atoms with Crippen molar-refractivity contribution in [2.45, 2.75) is 31.8 Å². The zero-order valence-electron chi connectivity index (χ0n) is 14.2. The Morgan fingerprint density at radius 1 is 1.27 bits per heavy atom. The zero-order valence-corrected chi connectivity index (χ0v) is 15.9. The summed E-state index contributed by atoms with van der Waals surface area (Å²) in [7, 11) is 0.